The molecule has 1 aliphatic carbocycles. The quantitative estimate of drug-likeness (QED) is 0.789. The monoisotopic (exact) mass is 221 g/mol. The summed E-state index contributed by atoms with van der Waals surface area (Å²) >= 11 is 0. The summed E-state index contributed by atoms with van der Waals surface area (Å²) in [4.78, 5) is 19.3. The molecule has 1 heterocycles. The summed E-state index contributed by atoms with van der Waals surface area (Å²) < 4.78 is 0. The highest BCUT2D eigenvalue weighted by molar-refractivity contribution is 5.22. The second-order valence-corrected chi connectivity index (χ2v) is 4.82. The summed E-state index contributed by atoms with van der Waals surface area (Å²) in [6.07, 6.45) is 4.73. The first-order valence-electron chi connectivity index (χ1n) is 5.96. The highest BCUT2D eigenvalue weighted by Gasteiger charge is 2.24. The molecule has 0 bridgehead atoms. The molecular weight excluding hydrogens is 202 g/mol. The van der Waals surface area contributed by atoms with E-state index in [1.54, 1.807) is 0 Å². The van der Waals surface area contributed by atoms with Crippen molar-refractivity contribution in [3.05, 3.63) is 27.4 Å². The summed E-state index contributed by atoms with van der Waals surface area (Å²) in [5.41, 5.74) is 7.39. The average Bonchev–Trinajstić information content (AvgIpc) is 2.29. The molecule has 4 heteroatoms. The van der Waals surface area contributed by atoms with E-state index in [4.69, 9.17) is 5.73 Å². The van der Waals surface area contributed by atoms with E-state index in [9.17, 15) is 4.79 Å². The standard InChI is InChI=1S/C12H19N3O/c1-3-12(2,13)11-14-9-7-5-4-6-8(9)10(16)15-11/h3-7,13H2,1-2H3,(H,14,15,16). The van der Waals surface area contributed by atoms with Crippen LogP contribution in [0.15, 0.2) is 4.79 Å². The fraction of sp³-hybridized carbons (Fsp3) is 0.667. The summed E-state index contributed by atoms with van der Waals surface area (Å²) in [5, 5.41) is 0. The molecule has 1 aliphatic rings. The third-order valence-electron chi connectivity index (χ3n) is 3.47. The average molecular weight is 221 g/mol. The van der Waals surface area contributed by atoms with Gasteiger partial charge in [-0.05, 0) is 39.0 Å². The highest BCUT2D eigenvalue weighted by atomic mass is 16.1. The van der Waals surface area contributed by atoms with Gasteiger partial charge in [-0.15, -0.1) is 0 Å². The molecule has 0 amide bonds. The van der Waals surface area contributed by atoms with Gasteiger partial charge in [0.15, 0.2) is 0 Å². The largest absolute Gasteiger partial charge is 0.319 e. The van der Waals surface area contributed by atoms with Crippen LogP contribution in [0.1, 0.15) is 50.2 Å². The summed E-state index contributed by atoms with van der Waals surface area (Å²) in [6.45, 7) is 3.90. The van der Waals surface area contributed by atoms with Gasteiger partial charge in [-0.3, -0.25) is 4.79 Å². The van der Waals surface area contributed by atoms with Gasteiger partial charge in [-0.1, -0.05) is 6.92 Å². The van der Waals surface area contributed by atoms with Crippen molar-refractivity contribution in [1.29, 1.82) is 0 Å². The molecule has 4 nitrogen and oxygen atoms in total. The molecule has 1 aromatic heterocycles. The molecule has 0 aromatic carbocycles. The molecule has 1 unspecified atom stereocenters. The summed E-state index contributed by atoms with van der Waals surface area (Å²) in [6, 6.07) is 0. The molecule has 0 radical (unpaired) electrons. The Morgan fingerprint density at radius 3 is 2.81 bits per heavy atom. The van der Waals surface area contributed by atoms with Crippen LogP contribution in [0.3, 0.4) is 0 Å². The molecule has 0 saturated heterocycles. The maximum atomic E-state index is 11.9. The number of nitrogens with one attached hydrogen (secondary N) is 1. The molecule has 88 valence electrons. The Balaban J connectivity index is 2.51. The van der Waals surface area contributed by atoms with E-state index < -0.39 is 5.54 Å². The zero-order valence-electron chi connectivity index (χ0n) is 9.97. The first-order valence-corrected chi connectivity index (χ1v) is 5.96. The van der Waals surface area contributed by atoms with Crippen LogP contribution in [0, 0.1) is 0 Å². The Morgan fingerprint density at radius 2 is 2.12 bits per heavy atom. The zero-order chi connectivity index (χ0) is 11.8. The number of hydrogen-bond donors (Lipinski definition) is 2. The van der Waals surface area contributed by atoms with Gasteiger partial charge in [0.2, 0.25) is 0 Å². The molecular formula is C12H19N3O. The van der Waals surface area contributed by atoms with Gasteiger partial charge in [0.25, 0.3) is 5.56 Å². The number of aryl methyl sites for hydroxylation is 1. The lowest BCUT2D eigenvalue weighted by molar-refractivity contribution is 0.438. The Hall–Kier alpha value is -1.16. The van der Waals surface area contributed by atoms with E-state index in [0.29, 0.717) is 5.82 Å². The van der Waals surface area contributed by atoms with Crippen molar-refractivity contribution in [2.45, 2.75) is 51.5 Å². The van der Waals surface area contributed by atoms with Gasteiger partial charge in [0.05, 0.1) is 11.2 Å². The van der Waals surface area contributed by atoms with Crippen LogP contribution in [-0.2, 0) is 18.4 Å². The number of hydrogen-bond acceptors (Lipinski definition) is 3. The lowest BCUT2D eigenvalue weighted by atomic mass is 9.95. The van der Waals surface area contributed by atoms with Crippen molar-refractivity contribution in [3.63, 3.8) is 0 Å². The van der Waals surface area contributed by atoms with Gasteiger partial charge >= 0.3 is 0 Å². The minimum absolute atomic E-state index is 0.00447. The van der Waals surface area contributed by atoms with Crippen LogP contribution in [0.5, 0.6) is 0 Å². The normalized spacial score (nSPS) is 18.9. The molecule has 0 saturated carbocycles. The molecule has 3 N–H and O–H groups in total. The van der Waals surface area contributed by atoms with Gasteiger partial charge in [-0.25, -0.2) is 4.98 Å². The van der Waals surface area contributed by atoms with E-state index in [1.807, 2.05) is 13.8 Å². The SMILES string of the molecule is CCC(C)(N)c1nc2c(c(=O)[nH]1)CCCC2. The molecule has 0 aliphatic heterocycles. The van der Waals surface area contributed by atoms with Crippen LogP contribution in [0.2, 0.25) is 0 Å². The van der Waals surface area contributed by atoms with Crippen molar-refractivity contribution in [2.24, 2.45) is 5.73 Å². The molecule has 0 spiro atoms. The minimum atomic E-state index is -0.536. The molecule has 0 fully saturated rings. The van der Waals surface area contributed by atoms with E-state index in [1.165, 1.54) is 0 Å². The third-order valence-corrected chi connectivity index (χ3v) is 3.47. The van der Waals surface area contributed by atoms with Crippen molar-refractivity contribution in [1.82, 2.24) is 9.97 Å². The van der Waals surface area contributed by atoms with Crippen LogP contribution in [0.25, 0.3) is 0 Å². The van der Waals surface area contributed by atoms with Crippen LogP contribution in [-0.4, -0.2) is 9.97 Å². The van der Waals surface area contributed by atoms with E-state index in [2.05, 4.69) is 9.97 Å². The number of rotatable bonds is 2. The molecule has 1 atom stereocenters. The van der Waals surface area contributed by atoms with Crippen LogP contribution >= 0.6 is 0 Å². The predicted molar refractivity (Wildman–Crippen MR) is 63.3 cm³/mol. The molecule has 2 rings (SSSR count). The van der Waals surface area contributed by atoms with Gasteiger partial charge in [0.1, 0.15) is 5.82 Å². The third kappa shape index (κ3) is 1.89. The van der Waals surface area contributed by atoms with Crippen molar-refractivity contribution in [3.8, 4) is 0 Å². The number of fused-ring (bicyclic) bond motifs is 1. The fourth-order valence-corrected chi connectivity index (χ4v) is 2.04. The topological polar surface area (TPSA) is 71.8 Å². The maximum Gasteiger partial charge on any atom is 0.254 e. The Bertz CT molecular complexity index is 448. The molecule has 16 heavy (non-hydrogen) atoms. The summed E-state index contributed by atoms with van der Waals surface area (Å²) in [7, 11) is 0. The lowest BCUT2D eigenvalue weighted by Crippen LogP contribution is -2.37. The van der Waals surface area contributed by atoms with Crippen LogP contribution in [0.4, 0.5) is 0 Å². The Labute approximate surface area is 95.3 Å². The van der Waals surface area contributed by atoms with Gasteiger partial charge < -0.3 is 10.7 Å². The Morgan fingerprint density at radius 1 is 1.44 bits per heavy atom. The summed E-state index contributed by atoms with van der Waals surface area (Å²) in [5.74, 6) is 0.626. The van der Waals surface area contributed by atoms with Crippen LogP contribution < -0.4 is 11.3 Å². The number of nitrogens with two attached hydrogens (primary N) is 1. The second-order valence-electron chi connectivity index (χ2n) is 4.82. The smallest absolute Gasteiger partial charge is 0.254 e. The van der Waals surface area contributed by atoms with E-state index >= 15 is 0 Å². The zero-order valence-corrected chi connectivity index (χ0v) is 9.97. The number of H-pyrrole nitrogens is 1. The van der Waals surface area contributed by atoms with Crippen molar-refractivity contribution in [2.75, 3.05) is 0 Å². The number of aromatic nitrogens is 2. The fourth-order valence-electron chi connectivity index (χ4n) is 2.04. The molecule has 1 aromatic rings. The lowest BCUT2D eigenvalue weighted by Gasteiger charge is -2.23. The maximum absolute atomic E-state index is 11.9. The van der Waals surface area contributed by atoms with E-state index in [-0.39, 0.29) is 5.56 Å². The number of nitrogens with zero attached hydrogens (tertiary/aromatic N) is 1. The van der Waals surface area contributed by atoms with Gasteiger partial charge in [0, 0.05) is 5.56 Å². The predicted octanol–water partition coefficient (Wildman–Crippen LogP) is 1.23. The highest BCUT2D eigenvalue weighted by Crippen LogP contribution is 2.20. The Kier molecular flexibility index (Phi) is 2.84. The van der Waals surface area contributed by atoms with Crippen molar-refractivity contribution < 1.29 is 0 Å². The minimum Gasteiger partial charge on any atom is -0.319 e. The van der Waals surface area contributed by atoms with Crippen molar-refractivity contribution >= 4 is 0 Å². The second kappa shape index (κ2) is 4.01. The first kappa shape index (κ1) is 11.3. The van der Waals surface area contributed by atoms with E-state index in [0.717, 1.165) is 43.4 Å². The van der Waals surface area contributed by atoms with Gasteiger partial charge in [-0.2, -0.15) is 0 Å². The first-order chi connectivity index (χ1) is 7.54. The number of aromatic amines is 1.